The van der Waals surface area contributed by atoms with Crippen LogP contribution in [0.3, 0.4) is 0 Å². The number of allylic oxidation sites excluding steroid dienone is 2. The highest BCUT2D eigenvalue weighted by Crippen LogP contribution is 2.16. The van der Waals surface area contributed by atoms with Gasteiger partial charge in [-0.15, -0.1) is 0 Å². The Morgan fingerprint density at radius 3 is 2.78 bits per heavy atom. The van der Waals surface area contributed by atoms with E-state index in [4.69, 9.17) is 0 Å². The first kappa shape index (κ1) is 13.3. The lowest BCUT2D eigenvalue weighted by atomic mass is 9.94. The molecule has 2 unspecified atom stereocenters. The van der Waals surface area contributed by atoms with Gasteiger partial charge < -0.3 is 10.4 Å². The molecule has 1 aromatic rings. The molecule has 2 N–H and O–H groups in total. The Morgan fingerprint density at radius 2 is 2.06 bits per heavy atom. The maximum atomic E-state index is 9.96. The fourth-order valence-corrected chi connectivity index (χ4v) is 2.45. The van der Waals surface area contributed by atoms with Gasteiger partial charge in [0.15, 0.2) is 0 Å². The quantitative estimate of drug-likeness (QED) is 0.755. The summed E-state index contributed by atoms with van der Waals surface area (Å²) in [6.07, 6.45) is 8.65. The maximum absolute atomic E-state index is 9.96. The molecule has 98 valence electrons. The molecule has 18 heavy (non-hydrogen) atoms. The van der Waals surface area contributed by atoms with Crippen molar-refractivity contribution in [2.24, 2.45) is 5.92 Å². The van der Waals surface area contributed by atoms with Crippen molar-refractivity contribution in [3.8, 4) is 0 Å². The maximum Gasteiger partial charge on any atom is 0.0704 e. The summed E-state index contributed by atoms with van der Waals surface area (Å²) in [6.45, 7) is 1.71. The molecular weight excluding hydrogens is 222 g/mol. The zero-order valence-corrected chi connectivity index (χ0v) is 10.9. The molecule has 1 aromatic carbocycles. The van der Waals surface area contributed by atoms with E-state index in [0.29, 0.717) is 6.54 Å². The van der Waals surface area contributed by atoms with E-state index in [9.17, 15) is 5.11 Å². The standard InChI is InChI=1S/C16H23NO/c18-16(11-14-7-3-1-4-8-14)13-17-12-15-9-5-2-6-10-15/h1-5,7-8,15-18H,6,9-13H2. The van der Waals surface area contributed by atoms with E-state index >= 15 is 0 Å². The zero-order valence-electron chi connectivity index (χ0n) is 10.9. The summed E-state index contributed by atoms with van der Waals surface area (Å²) in [7, 11) is 0. The van der Waals surface area contributed by atoms with Crippen LogP contribution in [0, 0.1) is 5.92 Å². The summed E-state index contributed by atoms with van der Waals surface area (Å²) in [5.74, 6) is 0.749. The van der Waals surface area contributed by atoms with Crippen LogP contribution in [0.5, 0.6) is 0 Å². The molecule has 0 radical (unpaired) electrons. The number of benzene rings is 1. The van der Waals surface area contributed by atoms with Crippen LogP contribution in [-0.2, 0) is 6.42 Å². The topological polar surface area (TPSA) is 32.3 Å². The minimum atomic E-state index is -0.286. The Labute approximate surface area is 110 Å². The summed E-state index contributed by atoms with van der Waals surface area (Å²) < 4.78 is 0. The van der Waals surface area contributed by atoms with Gasteiger partial charge in [-0.3, -0.25) is 0 Å². The molecule has 0 fully saturated rings. The Morgan fingerprint density at radius 1 is 1.22 bits per heavy atom. The molecule has 0 aliphatic heterocycles. The van der Waals surface area contributed by atoms with Gasteiger partial charge in [-0.1, -0.05) is 42.5 Å². The molecule has 1 aliphatic carbocycles. The van der Waals surface area contributed by atoms with Gasteiger partial charge in [-0.25, -0.2) is 0 Å². The molecule has 0 saturated heterocycles. The van der Waals surface area contributed by atoms with Crippen molar-refractivity contribution in [3.05, 3.63) is 48.0 Å². The Bertz CT molecular complexity index is 361. The predicted molar refractivity (Wildman–Crippen MR) is 75.5 cm³/mol. The van der Waals surface area contributed by atoms with E-state index in [1.807, 2.05) is 18.2 Å². The predicted octanol–water partition coefficient (Wildman–Crippen LogP) is 2.54. The Kier molecular flexibility index (Phi) is 5.43. The number of aliphatic hydroxyl groups excluding tert-OH is 1. The van der Waals surface area contributed by atoms with Gasteiger partial charge in [0.25, 0.3) is 0 Å². The minimum absolute atomic E-state index is 0.286. The second-order valence-electron chi connectivity index (χ2n) is 5.15. The molecule has 1 aliphatic rings. The van der Waals surface area contributed by atoms with Crippen LogP contribution < -0.4 is 5.32 Å². The number of aliphatic hydroxyl groups is 1. The lowest BCUT2D eigenvalue weighted by Crippen LogP contribution is -2.32. The van der Waals surface area contributed by atoms with E-state index in [2.05, 4.69) is 29.6 Å². The van der Waals surface area contributed by atoms with Crippen molar-refractivity contribution < 1.29 is 5.11 Å². The summed E-state index contributed by atoms with van der Waals surface area (Å²) in [4.78, 5) is 0. The molecule has 0 aromatic heterocycles. The van der Waals surface area contributed by atoms with Crippen LogP contribution in [0.2, 0.25) is 0 Å². The lowest BCUT2D eigenvalue weighted by Gasteiger charge is -2.19. The van der Waals surface area contributed by atoms with Gasteiger partial charge in [-0.2, -0.15) is 0 Å². The summed E-state index contributed by atoms with van der Waals surface area (Å²) in [5.41, 5.74) is 1.20. The Hall–Kier alpha value is -1.12. The molecule has 2 heteroatoms. The normalized spacial score (nSPS) is 20.8. The van der Waals surface area contributed by atoms with E-state index in [0.717, 1.165) is 18.9 Å². The van der Waals surface area contributed by atoms with E-state index in [1.165, 1.54) is 24.8 Å². The van der Waals surface area contributed by atoms with Gasteiger partial charge in [0.1, 0.15) is 0 Å². The second-order valence-corrected chi connectivity index (χ2v) is 5.15. The summed E-state index contributed by atoms with van der Waals surface area (Å²) in [5, 5.41) is 13.3. The first-order valence-corrected chi connectivity index (χ1v) is 6.92. The highest BCUT2D eigenvalue weighted by Gasteiger charge is 2.10. The monoisotopic (exact) mass is 245 g/mol. The average molecular weight is 245 g/mol. The second kappa shape index (κ2) is 7.34. The third-order valence-corrected chi connectivity index (χ3v) is 3.50. The smallest absolute Gasteiger partial charge is 0.0704 e. The number of hydrogen-bond donors (Lipinski definition) is 2. The van der Waals surface area contributed by atoms with Crippen LogP contribution in [0.15, 0.2) is 42.5 Å². The van der Waals surface area contributed by atoms with Crippen molar-refractivity contribution >= 4 is 0 Å². The van der Waals surface area contributed by atoms with Crippen molar-refractivity contribution in [1.29, 1.82) is 0 Å². The van der Waals surface area contributed by atoms with Gasteiger partial charge in [-0.05, 0) is 43.7 Å². The highest BCUT2D eigenvalue weighted by atomic mass is 16.3. The lowest BCUT2D eigenvalue weighted by molar-refractivity contribution is 0.169. The summed E-state index contributed by atoms with van der Waals surface area (Å²) >= 11 is 0. The van der Waals surface area contributed by atoms with Crippen molar-refractivity contribution in [2.45, 2.75) is 31.8 Å². The van der Waals surface area contributed by atoms with Gasteiger partial charge in [0.2, 0.25) is 0 Å². The molecule has 2 rings (SSSR count). The first-order chi connectivity index (χ1) is 8.84. The zero-order chi connectivity index (χ0) is 12.6. The van der Waals surface area contributed by atoms with Crippen LogP contribution >= 0.6 is 0 Å². The Balaban J connectivity index is 1.63. The van der Waals surface area contributed by atoms with E-state index < -0.39 is 0 Å². The van der Waals surface area contributed by atoms with Crippen LogP contribution in [-0.4, -0.2) is 24.3 Å². The molecule has 2 nitrogen and oxygen atoms in total. The third kappa shape index (κ3) is 4.63. The summed E-state index contributed by atoms with van der Waals surface area (Å²) in [6, 6.07) is 10.2. The molecule has 2 atom stereocenters. The fourth-order valence-electron chi connectivity index (χ4n) is 2.45. The third-order valence-electron chi connectivity index (χ3n) is 3.50. The number of nitrogens with one attached hydrogen (secondary N) is 1. The molecule has 0 heterocycles. The first-order valence-electron chi connectivity index (χ1n) is 6.92. The van der Waals surface area contributed by atoms with Gasteiger partial charge >= 0.3 is 0 Å². The van der Waals surface area contributed by atoms with Crippen LogP contribution in [0.25, 0.3) is 0 Å². The molecular formula is C16H23NO. The van der Waals surface area contributed by atoms with Gasteiger partial charge in [0.05, 0.1) is 6.10 Å². The van der Waals surface area contributed by atoms with Crippen molar-refractivity contribution in [1.82, 2.24) is 5.32 Å². The number of hydrogen-bond acceptors (Lipinski definition) is 2. The van der Waals surface area contributed by atoms with Crippen molar-refractivity contribution in [3.63, 3.8) is 0 Å². The molecule has 0 saturated carbocycles. The van der Waals surface area contributed by atoms with E-state index in [-0.39, 0.29) is 6.10 Å². The van der Waals surface area contributed by atoms with Gasteiger partial charge in [0, 0.05) is 6.54 Å². The van der Waals surface area contributed by atoms with E-state index in [1.54, 1.807) is 0 Å². The SMILES string of the molecule is OC(CNCC1CC=CCC1)Cc1ccccc1. The average Bonchev–Trinajstić information content (AvgIpc) is 2.41. The van der Waals surface area contributed by atoms with Crippen molar-refractivity contribution in [2.75, 3.05) is 13.1 Å². The molecule has 0 amide bonds. The van der Waals surface area contributed by atoms with Crippen LogP contribution in [0.1, 0.15) is 24.8 Å². The molecule has 0 spiro atoms. The molecule has 0 bridgehead atoms. The highest BCUT2D eigenvalue weighted by molar-refractivity contribution is 5.15. The minimum Gasteiger partial charge on any atom is -0.391 e. The fraction of sp³-hybridized carbons (Fsp3) is 0.500. The largest absolute Gasteiger partial charge is 0.391 e. The number of rotatable bonds is 6. The van der Waals surface area contributed by atoms with Crippen LogP contribution in [0.4, 0.5) is 0 Å².